The lowest BCUT2D eigenvalue weighted by molar-refractivity contribution is 0.0939. The van der Waals surface area contributed by atoms with E-state index in [2.05, 4.69) is 49.0 Å². The van der Waals surface area contributed by atoms with Gasteiger partial charge in [-0.25, -0.2) is 0 Å². The third-order valence-electron chi connectivity index (χ3n) is 3.39. The van der Waals surface area contributed by atoms with E-state index >= 15 is 0 Å². The zero-order valence-electron chi connectivity index (χ0n) is 13.4. The molecule has 0 saturated heterocycles. The summed E-state index contributed by atoms with van der Waals surface area (Å²) in [5.74, 6) is -0.0264. The third kappa shape index (κ3) is 4.11. The Kier molecular flexibility index (Phi) is 4.73. The molecule has 1 aromatic rings. The van der Waals surface area contributed by atoms with Gasteiger partial charge in [0.25, 0.3) is 5.91 Å². The Morgan fingerprint density at radius 2 is 2.10 bits per heavy atom. The second kappa shape index (κ2) is 6.35. The highest BCUT2D eigenvalue weighted by molar-refractivity contribution is 5.96. The molecule has 0 unspecified atom stereocenters. The minimum Gasteiger partial charge on any atom is -0.352 e. The van der Waals surface area contributed by atoms with Crippen LogP contribution in [-0.2, 0) is 0 Å². The number of rotatable bonds is 5. The van der Waals surface area contributed by atoms with E-state index in [1.165, 1.54) is 0 Å². The molecule has 0 aliphatic carbocycles. The predicted molar refractivity (Wildman–Crippen MR) is 87.2 cm³/mol. The Bertz CT molecular complexity index is 507. The number of carbonyl (C=O) groups excluding carboxylic acids is 1. The Hall–Kier alpha value is -1.75. The van der Waals surface area contributed by atoms with Gasteiger partial charge in [0.05, 0.1) is 11.4 Å². The molecule has 1 aliphatic rings. The standard InChI is InChI=1S/C16H26N4O/c1-5-6-9-20-14-8-7-12(10-13(14)18-19-20)15(21)17-11-16(2,3)4/h7-8,10,18-19H,5-6,9,11H2,1-4H3,(H,17,21). The SMILES string of the molecule is CCCCN1NNc2cc(C(=O)NCC(C)(C)C)ccc21. The van der Waals surface area contributed by atoms with Crippen LogP contribution in [0.2, 0.25) is 0 Å². The average molecular weight is 290 g/mol. The van der Waals surface area contributed by atoms with Gasteiger partial charge in [0.2, 0.25) is 0 Å². The number of hydrogen-bond acceptors (Lipinski definition) is 4. The van der Waals surface area contributed by atoms with Crippen molar-refractivity contribution < 1.29 is 4.79 Å². The molecule has 116 valence electrons. The number of amides is 1. The highest BCUT2D eigenvalue weighted by atomic mass is 16.1. The van der Waals surface area contributed by atoms with Crippen LogP contribution in [0, 0.1) is 5.41 Å². The summed E-state index contributed by atoms with van der Waals surface area (Å²) < 4.78 is 0. The first-order chi connectivity index (χ1) is 9.90. The number of unbranched alkanes of at least 4 members (excludes halogenated alkanes) is 1. The third-order valence-corrected chi connectivity index (χ3v) is 3.39. The van der Waals surface area contributed by atoms with Gasteiger partial charge >= 0.3 is 0 Å². The molecule has 0 aromatic heterocycles. The maximum Gasteiger partial charge on any atom is 0.251 e. The number of nitrogens with zero attached hydrogens (tertiary/aromatic N) is 1. The van der Waals surface area contributed by atoms with E-state index < -0.39 is 0 Å². The number of benzene rings is 1. The van der Waals surface area contributed by atoms with Gasteiger partial charge in [-0.3, -0.25) is 9.80 Å². The zero-order valence-corrected chi connectivity index (χ0v) is 13.4. The molecule has 3 N–H and O–H groups in total. The first kappa shape index (κ1) is 15.6. The molecule has 1 aromatic carbocycles. The highest BCUT2D eigenvalue weighted by Gasteiger charge is 2.20. The van der Waals surface area contributed by atoms with Crippen LogP contribution in [-0.4, -0.2) is 19.0 Å². The first-order valence-corrected chi connectivity index (χ1v) is 7.62. The van der Waals surface area contributed by atoms with Gasteiger partial charge < -0.3 is 10.7 Å². The fraction of sp³-hybridized carbons (Fsp3) is 0.562. The monoisotopic (exact) mass is 290 g/mol. The lowest BCUT2D eigenvalue weighted by atomic mass is 9.97. The Labute approximate surface area is 127 Å². The van der Waals surface area contributed by atoms with Crippen molar-refractivity contribution in [1.82, 2.24) is 10.9 Å². The predicted octanol–water partition coefficient (Wildman–Crippen LogP) is 2.91. The fourth-order valence-corrected chi connectivity index (χ4v) is 2.14. The van der Waals surface area contributed by atoms with Crippen LogP contribution < -0.4 is 21.3 Å². The van der Waals surface area contributed by atoms with Gasteiger partial charge in [-0.15, -0.1) is 5.53 Å². The minimum atomic E-state index is -0.0264. The molecule has 0 bridgehead atoms. The van der Waals surface area contributed by atoms with Crippen LogP contribution in [0.4, 0.5) is 11.4 Å². The average Bonchev–Trinajstić information content (AvgIpc) is 2.84. The van der Waals surface area contributed by atoms with Crippen molar-refractivity contribution in [2.45, 2.75) is 40.5 Å². The highest BCUT2D eigenvalue weighted by Crippen LogP contribution is 2.30. The maximum absolute atomic E-state index is 12.2. The quantitative estimate of drug-likeness (QED) is 0.780. The van der Waals surface area contributed by atoms with Crippen molar-refractivity contribution in [2.24, 2.45) is 5.41 Å². The Balaban J connectivity index is 2.03. The first-order valence-electron chi connectivity index (χ1n) is 7.62. The van der Waals surface area contributed by atoms with Crippen LogP contribution in [0.5, 0.6) is 0 Å². The van der Waals surface area contributed by atoms with Crippen molar-refractivity contribution in [3.05, 3.63) is 23.8 Å². The van der Waals surface area contributed by atoms with Crippen molar-refractivity contribution in [3.8, 4) is 0 Å². The van der Waals surface area contributed by atoms with E-state index in [0.29, 0.717) is 12.1 Å². The minimum absolute atomic E-state index is 0.0264. The van der Waals surface area contributed by atoms with E-state index in [9.17, 15) is 4.79 Å². The van der Waals surface area contributed by atoms with Crippen LogP contribution in [0.1, 0.15) is 50.9 Å². The van der Waals surface area contributed by atoms with Crippen molar-refractivity contribution >= 4 is 17.3 Å². The molecule has 5 nitrogen and oxygen atoms in total. The lowest BCUT2D eigenvalue weighted by Gasteiger charge is -2.19. The van der Waals surface area contributed by atoms with Gasteiger partial charge in [0.15, 0.2) is 0 Å². The maximum atomic E-state index is 12.2. The van der Waals surface area contributed by atoms with Crippen LogP contribution in [0.3, 0.4) is 0 Å². The van der Waals surface area contributed by atoms with E-state index in [0.717, 1.165) is 30.8 Å². The zero-order chi connectivity index (χ0) is 15.5. The second-order valence-corrected chi connectivity index (χ2v) is 6.72. The summed E-state index contributed by atoms with van der Waals surface area (Å²) in [6.45, 7) is 10.1. The van der Waals surface area contributed by atoms with Gasteiger partial charge in [0.1, 0.15) is 0 Å². The van der Waals surface area contributed by atoms with E-state index in [1.54, 1.807) is 0 Å². The number of fused-ring (bicyclic) bond motifs is 1. The van der Waals surface area contributed by atoms with E-state index in [4.69, 9.17) is 0 Å². The van der Waals surface area contributed by atoms with Crippen molar-refractivity contribution in [3.63, 3.8) is 0 Å². The summed E-state index contributed by atoms with van der Waals surface area (Å²) >= 11 is 0. The molecular weight excluding hydrogens is 264 g/mol. The molecule has 1 amide bonds. The Morgan fingerprint density at radius 1 is 1.33 bits per heavy atom. The molecule has 0 saturated carbocycles. The topological polar surface area (TPSA) is 56.4 Å². The fourth-order valence-electron chi connectivity index (χ4n) is 2.14. The number of carbonyl (C=O) groups is 1. The van der Waals surface area contributed by atoms with Gasteiger partial charge in [-0.05, 0) is 30.0 Å². The summed E-state index contributed by atoms with van der Waals surface area (Å²) in [6, 6.07) is 5.76. The molecule has 5 heteroatoms. The number of hydrazine groups is 2. The number of nitrogens with one attached hydrogen (secondary N) is 3. The molecule has 2 rings (SSSR count). The summed E-state index contributed by atoms with van der Waals surface area (Å²) in [5.41, 5.74) is 9.07. The van der Waals surface area contributed by atoms with Gasteiger partial charge in [-0.1, -0.05) is 34.1 Å². The Morgan fingerprint density at radius 3 is 2.76 bits per heavy atom. The van der Waals surface area contributed by atoms with Gasteiger partial charge in [0, 0.05) is 18.7 Å². The second-order valence-electron chi connectivity index (χ2n) is 6.72. The molecule has 1 aliphatic heterocycles. The molecule has 1 heterocycles. The molecule has 0 radical (unpaired) electrons. The summed E-state index contributed by atoms with van der Waals surface area (Å²) in [5, 5.41) is 5.05. The van der Waals surface area contributed by atoms with Crippen molar-refractivity contribution in [2.75, 3.05) is 23.5 Å². The molecule has 0 atom stereocenters. The summed E-state index contributed by atoms with van der Waals surface area (Å²) in [7, 11) is 0. The summed E-state index contributed by atoms with van der Waals surface area (Å²) in [6.07, 6.45) is 2.28. The van der Waals surface area contributed by atoms with E-state index in [-0.39, 0.29) is 11.3 Å². The van der Waals surface area contributed by atoms with Crippen LogP contribution in [0.15, 0.2) is 18.2 Å². The number of anilines is 2. The normalized spacial score (nSPS) is 13.8. The van der Waals surface area contributed by atoms with E-state index in [1.807, 2.05) is 18.2 Å². The largest absolute Gasteiger partial charge is 0.352 e. The molecular formula is C16H26N4O. The number of hydrogen-bond donors (Lipinski definition) is 3. The molecule has 21 heavy (non-hydrogen) atoms. The van der Waals surface area contributed by atoms with Crippen molar-refractivity contribution in [1.29, 1.82) is 0 Å². The molecule has 0 spiro atoms. The van der Waals surface area contributed by atoms with Crippen LogP contribution >= 0.6 is 0 Å². The molecule has 0 fully saturated rings. The lowest BCUT2D eigenvalue weighted by Crippen LogP contribution is -2.36. The van der Waals surface area contributed by atoms with Gasteiger partial charge in [-0.2, -0.15) is 0 Å². The smallest absolute Gasteiger partial charge is 0.251 e. The van der Waals surface area contributed by atoms with Crippen LogP contribution in [0.25, 0.3) is 0 Å². The summed E-state index contributed by atoms with van der Waals surface area (Å²) in [4.78, 5) is 12.2.